The van der Waals surface area contributed by atoms with Crippen molar-refractivity contribution in [3.8, 4) is 5.75 Å². The molecule has 5 aliphatic rings. The van der Waals surface area contributed by atoms with Gasteiger partial charge in [-0.1, -0.05) is 12.1 Å². The van der Waals surface area contributed by atoms with Gasteiger partial charge < -0.3 is 14.5 Å². The Hall–Kier alpha value is -2.34. The maximum atomic E-state index is 14.2. The van der Waals surface area contributed by atoms with E-state index in [0.29, 0.717) is 24.3 Å². The highest BCUT2D eigenvalue weighted by Crippen LogP contribution is 2.60. The Balaban J connectivity index is 1.26. The summed E-state index contributed by atoms with van der Waals surface area (Å²) in [6.45, 7) is 4.99. The molecular weight excluding hydrogens is 468 g/mol. The first-order valence-electron chi connectivity index (χ1n) is 13.7. The number of thiophene rings is 1. The van der Waals surface area contributed by atoms with Gasteiger partial charge in [-0.15, -0.1) is 11.3 Å². The van der Waals surface area contributed by atoms with Gasteiger partial charge in [-0.2, -0.15) is 0 Å². The molecule has 1 aromatic carbocycles. The van der Waals surface area contributed by atoms with Crippen molar-refractivity contribution >= 4 is 23.2 Å². The van der Waals surface area contributed by atoms with Crippen LogP contribution in [-0.4, -0.2) is 47.9 Å². The number of carbonyl (C=O) groups is 2. The molecule has 0 radical (unpaired) electrons. The maximum absolute atomic E-state index is 14.2. The van der Waals surface area contributed by atoms with Crippen molar-refractivity contribution in [3.05, 3.63) is 51.7 Å². The van der Waals surface area contributed by atoms with E-state index in [0.717, 1.165) is 37.0 Å². The van der Waals surface area contributed by atoms with Gasteiger partial charge in [0.2, 0.25) is 11.8 Å². The van der Waals surface area contributed by atoms with Crippen LogP contribution in [0.1, 0.15) is 74.4 Å². The molecule has 192 valence electrons. The van der Waals surface area contributed by atoms with Crippen LogP contribution in [0.2, 0.25) is 0 Å². The van der Waals surface area contributed by atoms with Crippen LogP contribution in [0.3, 0.4) is 0 Å². The minimum Gasteiger partial charge on any atom is -0.497 e. The van der Waals surface area contributed by atoms with Crippen LogP contribution in [0, 0.1) is 23.2 Å². The second-order valence-corrected chi connectivity index (χ2v) is 13.0. The van der Waals surface area contributed by atoms with Gasteiger partial charge in [0.25, 0.3) is 0 Å². The average molecular weight is 507 g/mol. The maximum Gasteiger partial charge on any atom is 0.243 e. The molecule has 4 bridgehead atoms. The number of hydrogen-bond donors (Lipinski definition) is 0. The normalized spacial score (nSPS) is 30.4. The van der Waals surface area contributed by atoms with Crippen LogP contribution in [0.5, 0.6) is 5.75 Å². The number of benzene rings is 1. The highest BCUT2D eigenvalue weighted by Gasteiger charge is 2.56. The topological polar surface area (TPSA) is 49.9 Å². The van der Waals surface area contributed by atoms with E-state index in [4.69, 9.17) is 4.74 Å². The molecule has 2 heterocycles. The molecule has 0 saturated heterocycles. The molecule has 6 heteroatoms. The van der Waals surface area contributed by atoms with Crippen LogP contribution in [-0.2, 0) is 16.0 Å². The summed E-state index contributed by atoms with van der Waals surface area (Å²) in [5.41, 5.74) is 2.08. The summed E-state index contributed by atoms with van der Waals surface area (Å²) in [6, 6.07) is 10.1. The average Bonchev–Trinajstić information content (AvgIpc) is 3.34. The first-order chi connectivity index (χ1) is 17.4. The first kappa shape index (κ1) is 24.0. The Morgan fingerprint density at radius 2 is 1.69 bits per heavy atom. The molecule has 5 nitrogen and oxygen atoms in total. The third-order valence-electron chi connectivity index (χ3n) is 9.40. The van der Waals surface area contributed by atoms with E-state index < -0.39 is 0 Å². The van der Waals surface area contributed by atoms with Gasteiger partial charge in [-0.25, -0.2) is 0 Å². The van der Waals surface area contributed by atoms with Gasteiger partial charge in [0.05, 0.1) is 18.6 Å². The lowest BCUT2D eigenvalue weighted by molar-refractivity contribution is -0.162. The van der Waals surface area contributed by atoms with E-state index >= 15 is 0 Å². The fourth-order valence-electron chi connectivity index (χ4n) is 8.13. The van der Waals surface area contributed by atoms with Crippen molar-refractivity contribution < 1.29 is 14.3 Å². The number of nitrogens with zero attached hydrogens (tertiary/aromatic N) is 2. The zero-order valence-electron chi connectivity index (χ0n) is 21.7. The Labute approximate surface area is 218 Å². The summed E-state index contributed by atoms with van der Waals surface area (Å²) < 4.78 is 5.37. The summed E-state index contributed by atoms with van der Waals surface area (Å²) in [7, 11) is 1.67. The second-order valence-electron chi connectivity index (χ2n) is 12.0. The van der Waals surface area contributed by atoms with Crippen LogP contribution >= 0.6 is 11.3 Å². The molecule has 4 aliphatic carbocycles. The van der Waals surface area contributed by atoms with E-state index in [9.17, 15) is 9.59 Å². The molecule has 2 aromatic rings. The zero-order valence-corrected chi connectivity index (χ0v) is 22.6. The van der Waals surface area contributed by atoms with Crippen molar-refractivity contribution in [3.63, 3.8) is 0 Å². The summed E-state index contributed by atoms with van der Waals surface area (Å²) in [6.07, 6.45) is 7.91. The quantitative estimate of drug-likeness (QED) is 0.506. The van der Waals surface area contributed by atoms with Crippen LogP contribution < -0.4 is 4.74 Å². The minimum absolute atomic E-state index is 0.00962. The third-order valence-corrected chi connectivity index (χ3v) is 10.4. The first-order valence-corrected chi connectivity index (χ1v) is 14.6. The minimum atomic E-state index is -0.225. The number of hydrogen-bond acceptors (Lipinski definition) is 4. The monoisotopic (exact) mass is 506 g/mol. The van der Waals surface area contributed by atoms with Gasteiger partial charge in [0.15, 0.2) is 0 Å². The zero-order chi connectivity index (χ0) is 25.0. The molecule has 36 heavy (non-hydrogen) atoms. The van der Waals surface area contributed by atoms with Crippen LogP contribution in [0.15, 0.2) is 35.7 Å². The van der Waals surface area contributed by atoms with Crippen LogP contribution in [0.25, 0.3) is 0 Å². The van der Waals surface area contributed by atoms with Crippen molar-refractivity contribution in [1.29, 1.82) is 0 Å². The van der Waals surface area contributed by atoms with E-state index in [-0.39, 0.29) is 35.9 Å². The summed E-state index contributed by atoms with van der Waals surface area (Å²) in [5, 5.41) is 2.13. The van der Waals surface area contributed by atoms with Gasteiger partial charge >= 0.3 is 0 Å². The van der Waals surface area contributed by atoms with Crippen molar-refractivity contribution in [2.75, 3.05) is 20.2 Å². The highest BCUT2D eigenvalue weighted by atomic mass is 32.1. The lowest BCUT2D eigenvalue weighted by Gasteiger charge is -2.57. The highest BCUT2D eigenvalue weighted by molar-refractivity contribution is 7.10. The molecule has 4 fully saturated rings. The molecule has 2 amide bonds. The molecule has 0 spiro atoms. The number of ether oxygens (including phenoxy) is 1. The molecule has 1 aromatic heterocycles. The fraction of sp³-hybridized carbons (Fsp3) is 0.600. The summed E-state index contributed by atoms with van der Waals surface area (Å²) in [5.74, 6) is 3.25. The standard InChI is InChI=1S/C30H38N2O3S/c1-19(2)32(29(34)30-15-20-12-21(16-30)14-22(13-20)17-30)18-27(33)31-10-8-26-25(9-11-36-26)28(31)23-4-6-24(35-3)7-5-23/h4-7,9,11,19-22,28H,8,10,12-18H2,1-3H3. The molecule has 1 aliphatic heterocycles. The Kier molecular flexibility index (Phi) is 6.14. The van der Waals surface area contributed by atoms with Gasteiger partial charge in [0.1, 0.15) is 12.3 Å². The number of rotatable bonds is 6. The smallest absolute Gasteiger partial charge is 0.243 e. The van der Waals surface area contributed by atoms with E-state index in [1.165, 1.54) is 29.7 Å². The third kappa shape index (κ3) is 4.06. The SMILES string of the molecule is COc1ccc(C2c3ccsc3CCN2C(=O)CN(C(=O)C23CC4CC(CC(C4)C2)C3)C(C)C)cc1. The van der Waals surface area contributed by atoms with E-state index in [1.807, 2.05) is 21.9 Å². The second kappa shape index (κ2) is 9.20. The lowest BCUT2D eigenvalue weighted by atomic mass is 9.49. The van der Waals surface area contributed by atoms with Gasteiger partial charge in [0, 0.05) is 17.5 Å². The summed E-state index contributed by atoms with van der Waals surface area (Å²) >= 11 is 1.77. The largest absolute Gasteiger partial charge is 0.497 e. The number of fused-ring (bicyclic) bond motifs is 1. The predicted octanol–water partition coefficient (Wildman–Crippen LogP) is 5.68. The predicted molar refractivity (Wildman–Crippen MR) is 142 cm³/mol. The van der Waals surface area contributed by atoms with Crippen molar-refractivity contribution in [2.24, 2.45) is 23.2 Å². The van der Waals surface area contributed by atoms with Crippen LogP contribution in [0.4, 0.5) is 0 Å². The fourth-order valence-corrected chi connectivity index (χ4v) is 9.04. The Morgan fingerprint density at radius 1 is 1.06 bits per heavy atom. The Morgan fingerprint density at radius 3 is 2.28 bits per heavy atom. The number of amides is 2. The lowest BCUT2D eigenvalue weighted by Crippen LogP contribution is -2.57. The number of carbonyl (C=O) groups excluding carboxylic acids is 2. The molecule has 4 saturated carbocycles. The van der Waals surface area contributed by atoms with Gasteiger partial charge in [-0.05, 0) is 111 Å². The van der Waals surface area contributed by atoms with Crippen molar-refractivity contribution in [1.82, 2.24) is 9.80 Å². The molecule has 1 atom stereocenters. The number of methoxy groups -OCH3 is 1. The van der Waals surface area contributed by atoms with Crippen molar-refractivity contribution in [2.45, 2.75) is 70.9 Å². The molecule has 0 N–H and O–H groups in total. The Bertz CT molecular complexity index is 1100. The van der Waals surface area contributed by atoms with E-state index in [2.05, 4.69) is 37.4 Å². The summed E-state index contributed by atoms with van der Waals surface area (Å²) in [4.78, 5) is 33.5. The molecular formula is C30H38N2O3S. The van der Waals surface area contributed by atoms with E-state index in [1.54, 1.807) is 18.4 Å². The molecule has 7 rings (SSSR count). The molecule has 1 unspecified atom stereocenters. The van der Waals surface area contributed by atoms with Gasteiger partial charge in [-0.3, -0.25) is 9.59 Å².